The first-order valence-electron chi connectivity index (χ1n) is 10.5. The molecule has 0 unspecified atom stereocenters. The summed E-state index contributed by atoms with van der Waals surface area (Å²) in [7, 11) is 0. The van der Waals surface area contributed by atoms with Crippen LogP contribution in [0, 0.1) is 0 Å². The number of rotatable bonds is 8. The first-order valence-corrected chi connectivity index (χ1v) is 10.5. The average molecular weight is 458 g/mol. The zero-order valence-corrected chi connectivity index (χ0v) is 18.1. The molecule has 0 saturated carbocycles. The number of carbonyl (C=O) groups is 3. The summed E-state index contributed by atoms with van der Waals surface area (Å²) < 4.78 is 10.7. The van der Waals surface area contributed by atoms with Gasteiger partial charge < -0.3 is 25.2 Å². The molecule has 172 valence electrons. The second kappa shape index (κ2) is 10.4. The van der Waals surface area contributed by atoms with Gasteiger partial charge in [-0.2, -0.15) is 0 Å². The first kappa shape index (κ1) is 22.6. The molecule has 0 radical (unpaired) electrons. The standard InChI is InChI=1S/C26H22N2O6/c29-24(19-9-5-2-6-10-19)27-20(14-18-11-12-22-23(15-18)34-16-33-22)25(30)28-21(26(31)32)13-17-7-3-1-4-8-17/h1-12,14-15,21H,13,16H2,(H,27,29)(H,28,30)(H,31,32)/b20-14-/t21-/m1/s1. The number of amides is 2. The molecule has 0 bridgehead atoms. The topological polar surface area (TPSA) is 114 Å². The van der Waals surface area contributed by atoms with Gasteiger partial charge in [-0.15, -0.1) is 0 Å². The lowest BCUT2D eigenvalue weighted by atomic mass is 10.1. The number of aliphatic carboxylic acids is 1. The Bertz CT molecular complexity index is 1220. The van der Waals surface area contributed by atoms with Gasteiger partial charge in [0.15, 0.2) is 11.5 Å². The predicted octanol–water partition coefficient (Wildman–Crippen LogP) is 3.00. The van der Waals surface area contributed by atoms with E-state index in [1.165, 1.54) is 6.08 Å². The number of fused-ring (bicyclic) bond motifs is 1. The molecule has 1 heterocycles. The van der Waals surface area contributed by atoms with E-state index in [1.807, 2.05) is 6.07 Å². The minimum Gasteiger partial charge on any atom is -0.480 e. The fourth-order valence-corrected chi connectivity index (χ4v) is 3.40. The number of hydrogen-bond acceptors (Lipinski definition) is 5. The van der Waals surface area contributed by atoms with Gasteiger partial charge >= 0.3 is 5.97 Å². The van der Waals surface area contributed by atoms with Crippen molar-refractivity contribution in [1.82, 2.24) is 10.6 Å². The van der Waals surface area contributed by atoms with Crippen LogP contribution in [0.5, 0.6) is 11.5 Å². The van der Waals surface area contributed by atoms with E-state index in [4.69, 9.17) is 9.47 Å². The van der Waals surface area contributed by atoms with Crippen LogP contribution in [0.3, 0.4) is 0 Å². The van der Waals surface area contributed by atoms with Gasteiger partial charge in [-0.25, -0.2) is 4.79 Å². The number of nitrogens with one attached hydrogen (secondary N) is 2. The van der Waals surface area contributed by atoms with Gasteiger partial charge in [-0.3, -0.25) is 9.59 Å². The second-order valence-corrected chi connectivity index (χ2v) is 7.54. The van der Waals surface area contributed by atoms with Crippen molar-refractivity contribution < 1.29 is 29.0 Å². The smallest absolute Gasteiger partial charge is 0.326 e. The van der Waals surface area contributed by atoms with Gasteiger partial charge in [0.25, 0.3) is 11.8 Å². The van der Waals surface area contributed by atoms with Crippen molar-refractivity contribution in [3.05, 3.63) is 101 Å². The maximum absolute atomic E-state index is 13.1. The van der Waals surface area contributed by atoms with E-state index in [9.17, 15) is 19.5 Å². The van der Waals surface area contributed by atoms with Crippen LogP contribution >= 0.6 is 0 Å². The summed E-state index contributed by atoms with van der Waals surface area (Å²) in [5, 5.41) is 14.8. The van der Waals surface area contributed by atoms with Crippen LogP contribution in [0.25, 0.3) is 6.08 Å². The predicted molar refractivity (Wildman–Crippen MR) is 124 cm³/mol. The van der Waals surface area contributed by atoms with E-state index in [0.29, 0.717) is 22.6 Å². The third-order valence-corrected chi connectivity index (χ3v) is 5.12. The van der Waals surface area contributed by atoms with E-state index in [-0.39, 0.29) is 18.9 Å². The van der Waals surface area contributed by atoms with Crippen molar-refractivity contribution >= 4 is 23.9 Å². The average Bonchev–Trinajstić information content (AvgIpc) is 3.32. The monoisotopic (exact) mass is 458 g/mol. The summed E-state index contributed by atoms with van der Waals surface area (Å²) in [6.45, 7) is 0.0976. The SMILES string of the molecule is O=C(N[C@H](Cc1ccccc1)C(=O)O)/C(=C/c1ccc2c(c1)OCO2)NC(=O)c1ccccc1. The van der Waals surface area contributed by atoms with Gasteiger partial charge in [-0.05, 0) is 41.5 Å². The molecule has 0 saturated heterocycles. The van der Waals surface area contributed by atoms with E-state index in [1.54, 1.807) is 72.8 Å². The Morgan fingerprint density at radius 3 is 2.29 bits per heavy atom. The van der Waals surface area contributed by atoms with Crippen LogP contribution < -0.4 is 20.1 Å². The molecule has 3 aromatic rings. The van der Waals surface area contributed by atoms with Crippen molar-refractivity contribution in [1.29, 1.82) is 0 Å². The van der Waals surface area contributed by atoms with Crippen molar-refractivity contribution in [3.8, 4) is 11.5 Å². The second-order valence-electron chi connectivity index (χ2n) is 7.54. The van der Waals surface area contributed by atoms with Crippen LogP contribution in [0.4, 0.5) is 0 Å². The van der Waals surface area contributed by atoms with Crippen molar-refractivity contribution in [2.24, 2.45) is 0 Å². The lowest BCUT2D eigenvalue weighted by Gasteiger charge is -2.17. The summed E-state index contributed by atoms with van der Waals surface area (Å²) in [6, 6.07) is 21.2. The van der Waals surface area contributed by atoms with E-state index in [0.717, 1.165) is 5.56 Å². The van der Waals surface area contributed by atoms with Crippen LogP contribution in [0.15, 0.2) is 84.6 Å². The number of benzene rings is 3. The Morgan fingerprint density at radius 1 is 0.912 bits per heavy atom. The Labute approximate surface area is 195 Å². The quantitative estimate of drug-likeness (QED) is 0.447. The lowest BCUT2D eigenvalue weighted by Crippen LogP contribution is -2.45. The molecule has 4 rings (SSSR count). The highest BCUT2D eigenvalue weighted by atomic mass is 16.7. The van der Waals surface area contributed by atoms with Gasteiger partial charge in [0.2, 0.25) is 6.79 Å². The Kier molecular flexibility index (Phi) is 6.88. The highest BCUT2D eigenvalue weighted by Gasteiger charge is 2.24. The summed E-state index contributed by atoms with van der Waals surface area (Å²) in [5.41, 5.74) is 1.57. The summed E-state index contributed by atoms with van der Waals surface area (Å²) >= 11 is 0. The van der Waals surface area contributed by atoms with Crippen LogP contribution in [-0.2, 0) is 16.0 Å². The van der Waals surface area contributed by atoms with Gasteiger partial charge in [-0.1, -0.05) is 54.6 Å². The molecule has 1 aliphatic heterocycles. The molecule has 2 amide bonds. The summed E-state index contributed by atoms with van der Waals surface area (Å²) in [5.74, 6) is -1.34. The first-order chi connectivity index (χ1) is 16.5. The van der Waals surface area contributed by atoms with Crippen LogP contribution in [0.1, 0.15) is 21.5 Å². The maximum atomic E-state index is 13.1. The molecule has 0 fully saturated rings. The number of carboxylic acid groups (broad SMARTS) is 1. The Morgan fingerprint density at radius 2 is 1.59 bits per heavy atom. The lowest BCUT2D eigenvalue weighted by molar-refractivity contribution is -0.141. The fraction of sp³-hybridized carbons (Fsp3) is 0.115. The third-order valence-electron chi connectivity index (χ3n) is 5.12. The molecule has 0 spiro atoms. The minimum absolute atomic E-state index is 0.0891. The van der Waals surface area contributed by atoms with E-state index >= 15 is 0 Å². The van der Waals surface area contributed by atoms with Gasteiger partial charge in [0, 0.05) is 12.0 Å². The van der Waals surface area contributed by atoms with E-state index < -0.39 is 23.8 Å². The zero-order valence-electron chi connectivity index (χ0n) is 18.1. The number of hydrogen-bond donors (Lipinski definition) is 3. The number of carboxylic acids is 1. The van der Waals surface area contributed by atoms with Crippen LogP contribution in [0.2, 0.25) is 0 Å². The summed E-state index contributed by atoms with van der Waals surface area (Å²) in [6.07, 6.45) is 1.55. The maximum Gasteiger partial charge on any atom is 0.326 e. The molecule has 3 N–H and O–H groups in total. The normalized spacial score (nSPS) is 13.1. The van der Waals surface area contributed by atoms with Crippen LogP contribution in [-0.4, -0.2) is 35.7 Å². The highest BCUT2D eigenvalue weighted by Crippen LogP contribution is 2.33. The molecule has 0 aliphatic carbocycles. The molecule has 3 aromatic carbocycles. The third kappa shape index (κ3) is 5.60. The number of ether oxygens (including phenoxy) is 2. The van der Waals surface area contributed by atoms with Crippen molar-refractivity contribution in [2.75, 3.05) is 6.79 Å². The minimum atomic E-state index is -1.19. The molecular formula is C26H22N2O6. The molecule has 0 aromatic heterocycles. The fourth-order valence-electron chi connectivity index (χ4n) is 3.40. The van der Waals surface area contributed by atoms with E-state index in [2.05, 4.69) is 10.6 Å². The molecular weight excluding hydrogens is 436 g/mol. The molecule has 8 heteroatoms. The molecule has 8 nitrogen and oxygen atoms in total. The Hall–Kier alpha value is -4.59. The zero-order chi connectivity index (χ0) is 23.9. The summed E-state index contributed by atoms with van der Waals surface area (Å²) in [4.78, 5) is 37.7. The van der Waals surface area contributed by atoms with Crippen molar-refractivity contribution in [2.45, 2.75) is 12.5 Å². The Balaban J connectivity index is 1.60. The molecule has 1 aliphatic rings. The van der Waals surface area contributed by atoms with Crippen molar-refractivity contribution in [3.63, 3.8) is 0 Å². The molecule has 34 heavy (non-hydrogen) atoms. The van der Waals surface area contributed by atoms with Gasteiger partial charge in [0.1, 0.15) is 11.7 Å². The molecule has 1 atom stereocenters. The highest BCUT2D eigenvalue weighted by molar-refractivity contribution is 6.06. The van der Waals surface area contributed by atoms with Gasteiger partial charge in [0.05, 0.1) is 0 Å². The largest absolute Gasteiger partial charge is 0.480 e. The number of carbonyl (C=O) groups excluding carboxylic acids is 2.